The molecule has 16 heavy (non-hydrogen) atoms. The van der Waals surface area contributed by atoms with Crippen molar-refractivity contribution in [1.82, 2.24) is 10.2 Å². The van der Waals surface area contributed by atoms with Crippen molar-refractivity contribution in [3.05, 3.63) is 35.6 Å². The molecule has 88 valence electrons. The van der Waals surface area contributed by atoms with Gasteiger partial charge in [0.2, 0.25) is 0 Å². The third-order valence-corrected chi connectivity index (χ3v) is 3.27. The van der Waals surface area contributed by atoms with E-state index in [1.807, 2.05) is 19.2 Å². The molecule has 0 heterocycles. The lowest BCUT2D eigenvalue weighted by Crippen LogP contribution is -2.33. The molecule has 1 N–H and O–H groups in total. The van der Waals surface area contributed by atoms with Gasteiger partial charge in [0.05, 0.1) is 0 Å². The molecule has 0 bridgehead atoms. The summed E-state index contributed by atoms with van der Waals surface area (Å²) in [6.07, 6.45) is 2.56. The van der Waals surface area contributed by atoms with Gasteiger partial charge in [-0.15, -0.1) is 0 Å². The molecule has 2 rings (SSSR count). The van der Waals surface area contributed by atoms with E-state index in [4.69, 9.17) is 0 Å². The largest absolute Gasteiger partial charge is 0.312 e. The number of likely N-dealkylation sites (N-methyl/N-ethyl adjacent to an activating group) is 2. The molecule has 1 aliphatic rings. The third kappa shape index (κ3) is 2.60. The smallest absolute Gasteiger partial charge is 0.128 e. The molecule has 1 aliphatic carbocycles. The molecule has 1 saturated carbocycles. The molecule has 0 spiro atoms. The summed E-state index contributed by atoms with van der Waals surface area (Å²) in [5.74, 6) is -0.119. The van der Waals surface area contributed by atoms with E-state index in [2.05, 4.69) is 17.3 Å². The minimum absolute atomic E-state index is 0.0757. The van der Waals surface area contributed by atoms with E-state index in [1.165, 1.54) is 18.9 Å². The molecule has 1 atom stereocenters. The molecular weight excluding hydrogens is 203 g/mol. The van der Waals surface area contributed by atoms with Gasteiger partial charge in [-0.3, -0.25) is 0 Å². The Labute approximate surface area is 96.5 Å². The van der Waals surface area contributed by atoms with Gasteiger partial charge in [0.15, 0.2) is 0 Å². The lowest BCUT2D eigenvalue weighted by molar-refractivity contribution is 0.284. The van der Waals surface area contributed by atoms with Crippen LogP contribution in [-0.2, 0) is 0 Å². The maximum atomic E-state index is 13.6. The van der Waals surface area contributed by atoms with E-state index in [-0.39, 0.29) is 11.9 Å². The van der Waals surface area contributed by atoms with Crippen molar-refractivity contribution in [3.8, 4) is 0 Å². The molecule has 0 radical (unpaired) electrons. The maximum Gasteiger partial charge on any atom is 0.128 e. The van der Waals surface area contributed by atoms with Crippen LogP contribution in [0.25, 0.3) is 0 Å². The Balaban J connectivity index is 2.06. The number of hydrogen-bond donors (Lipinski definition) is 1. The Morgan fingerprint density at radius 1 is 1.44 bits per heavy atom. The van der Waals surface area contributed by atoms with Crippen LogP contribution < -0.4 is 5.32 Å². The van der Waals surface area contributed by atoms with E-state index in [1.54, 1.807) is 6.07 Å². The van der Waals surface area contributed by atoms with Gasteiger partial charge in [-0.05, 0) is 33.0 Å². The Morgan fingerprint density at radius 2 is 2.12 bits per heavy atom. The number of rotatable bonds is 5. The van der Waals surface area contributed by atoms with Crippen molar-refractivity contribution in [2.45, 2.75) is 24.9 Å². The SMILES string of the molecule is CNC(CN(C)C1CC1)c1ccccc1F. The Hall–Kier alpha value is -0.930. The monoisotopic (exact) mass is 222 g/mol. The van der Waals surface area contributed by atoms with Crippen LogP contribution in [0.3, 0.4) is 0 Å². The van der Waals surface area contributed by atoms with Gasteiger partial charge in [-0.25, -0.2) is 4.39 Å². The molecule has 3 heteroatoms. The minimum Gasteiger partial charge on any atom is -0.312 e. The quantitative estimate of drug-likeness (QED) is 0.821. The van der Waals surface area contributed by atoms with Gasteiger partial charge in [-0.2, -0.15) is 0 Å². The van der Waals surface area contributed by atoms with Gasteiger partial charge in [0.25, 0.3) is 0 Å². The second kappa shape index (κ2) is 4.93. The van der Waals surface area contributed by atoms with Crippen LogP contribution in [0.4, 0.5) is 4.39 Å². The van der Waals surface area contributed by atoms with Crippen molar-refractivity contribution in [2.75, 3.05) is 20.6 Å². The highest BCUT2D eigenvalue weighted by Gasteiger charge is 2.28. The molecule has 0 saturated heterocycles. The standard InChI is InChI=1S/C13H19FN2/c1-15-13(9-16(2)10-7-8-10)11-5-3-4-6-12(11)14/h3-6,10,13,15H,7-9H2,1-2H3. The fourth-order valence-corrected chi connectivity index (χ4v) is 2.06. The zero-order valence-electron chi connectivity index (χ0n) is 9.91. The van der Waals surface area contributed by atoms with Crippen molar-refractivity contribution in [1.29, 1.82) is 0 Å². The maximum absolute atomic E-state index is 13.6. The van der Waals surface area contributed by atoms with E-state index in [0.29, 0.717) is 6.04 Å². The van der Waals surface area contributed by atoms with E-state index >= 15 is 0 Å². The molecule has 0 amide bonds. The fourth-order valence-electron chi connectivity index (χ4n) is 2.06. The minimum atomic E-state index is -0.119. The van der Waals surface area contributed by atoms with Crippen molar-refractivity contribution in [3.63, 3.8) is 0 Å². The van der Waals surface area contributed by atoms with Crippen LogP contribution in [0.1, 0.15) is 24.4 Å². The molecule has 0 aromatic heterocycles. The average molecular weight is 222 g/mol. The second-order valence-electron chi connectivity index (χ2n) is 4.53. The van der Waals surface area contributed by atoms with Gasteiger partial charge >= 0.3 is 0 Å². The number of hydrogen-bond acceptors (Lipinski definition) is 2. The zero-order chi connectivity index (χ0) is 11.5. The molecular formula is C13H19FN2. The summed E-state index contributed by atoms with van der Waals surface area (Å²) < 4.78 is 13.6. The fraction of sp³-hybridized carbons (Fsp3) is 0.538. The molecule has 2 nitrogen and oxygen atoms in total. The van der Waals surface area contributed by atoms with Crippen molar-refractivity contribution >= 4 is 0 Å². The molecule has 1 aromatic carbocycles. The lowest BCUT2D eigenvalue weighted by atomic mass is 10.1. The van der Waals surface area contributed by atoms with E-state index < -0.39 is 0 Å². The predicted octanol–water partition coefficient (Wildman–Crippen LogP) is 2.18. The van der Waals surface area contributed by atoms with E-state index in [9.17, 15) is 4.39 Å². The first-order chi connectivity index (χ1) is 7.72. The predicted molar refractivity (Wildman–Crippen MR) is 63.9 cm³/mol. The number of halogens is 1. The highest BCUT2D eigenvalue weighted by atomic mass is 19.1. The summed E-state index contributed by atoms with van der Waals surface area (Å²) in [7, 11) is 4.00. The highest BCUT2D eigenvalue weighted by molar-refractivity contribution is 5.21. The Morgan fingerprint density at radius 3 is 2.69 bits per heavy atom. The number of nitrogens with zero attached hydrogens (tertiary/aromatic N) is 1. The summed E-state index contributed by atoms with van der Waals surface area (Å²) >= 11 is 0. The van der Waals surface area contributed by atoms with Crippen molar-refractivity contribution in [2.24, 2.45) is 0 Å². The van der Waals surface area contributed by atoms with Crippen LogP contribution in [-0.4, -0.2) is 31.6 Å². The van der Waals surface area contributed by atoms with Gasteiger partial charge < -0.3 is 10.2 Å². The van der Waals surface area contributed by atoms with Crippen LogP contribution >= 0.6 is 0 Å². The van der Waals surface area contributed by atoms with Crippen LogP contribution in [0.5, 0.6) is 0 Å². The average Bonchev–Trinajstić information content (AvgIpc) is 3.10. The Kier molecular flexibility index (Phi) is 3.56. The van der Waals surface area contributed by atoms with Crippen LogP contribution in [0.15, 0.2) is 24.3 Å². The van der Waals surface area contributed by atoms with Gasteiger partial charge in [0, 0.05) is 24.2 Å². The molecule has 0 aliphatic heterocycles. The Bertz CT molecular complexity index is 350. The zero-order valence-corrected chi connectivity index (χ0v) is 9.91. The summed E-state index contributed by atoms with van der Waals surface area (Å²) in [6.45, 7) is 0.863. The first-order valence-electron chi connectivity index (χ1n) is 5.84. The van der Waals surface area contributed by atoms with Gasteiger partial charge in [-0.1, -0.05) is 18.2 Å². The number of benzene rings is 1. The molecule has 1 fully saturated rings. The summed E-state index contributed by atoms with van der Waals surface area (Å²) in [5, 5.41) is 3.19. The lowest BCUT2D eigenvalue weighted by Gasteiger charge is -2.24. The normalized spacial score (nSPS) is 17.8. The van der Waals surface area contributed by atoms with Crippen LogP contribution in [0.2, 0.25) is 0 Å². The third-order valence-electron chi connectivity index (χ3n) is 3.27. The summed E-state index contributed by atoms with van der Waals surface area (Å²) in [5.41, 5.74) is 0.762. The van der Waals surface area contributed by atoms with Crippen LogP contribution in [0, 0.1) is 5.82 Å². The topological polar surface area (TPSA) is 15.3 Å². The highest BCUT2D eigenvalue weighted by Crippen LogP contribution is 2.27. The molecule has 1 aromatic rings. The first-order valence-corrected chi connectivity index (χ1v) is 5.84. The number of nitrogens with one attached hydrogen (secondary N) is 1. The summed E-state index contributed by atoms with van der Waals surface area (Å²) in [6, 6.07) is 7.79. The van der Waals surface area contributed by atoms with E-state index in [0.717, 1.165) is 12.1 Å². The first kappa shape index (κ1) is 11.6. The summed E-state index contributed by atoms with van der Waals surface area (Å²) in [4.78, 5) is 2.31. The van der Waals surface area contributed by atoms with Crippen molar-refractivity contribution < 1.29 is 4.39 Å². The second-order valence-corrected chi connectivity index (χ2v) is 4.53. The van der Waals surface area contributed by atoms with Gasteiger partial charge in [0.1, 0.15) is 5.82 Å². The molecule has 1 unspecified atom stereocenters.